The average Bonchev–Trinajstić information content (AvgIpc) is 2.54. The highest BCUT2D eigenvalue weighted by atomic mass is 32.2. The molecule has 1 heterocycles. The third kappa shape index (κ3) is 4.53. The van der Waals surface area contributed by atoms with E-state index in [9.17, 15) is 27.6 Å². The van der Waals surface area contributed by atoms with E-state index in [1.165, 1.54) is 23.9 Å². The van der Waals surface area contributed by atoms with Crippen molar-refractivity contribution in [1.82, 2.24) is 0 Å². The van der Waals surface area contributed by atoms with Crippen molar-refractivity contribution in [2.75, 3.05) is 23.0 Å². The predicted molar refractivity (Wildman–Crippen MR) is 86.0 cm³/mol. The van der Waals surface area contributed by atoms with Gasteiger partial charge in [-0.3, -0.25) is 14.9 Å². The van der Waals surface area contributed by atoms with Gasteiger partial charge in [-0.15, -0.1) is 11.8 Å². The number of ketones is 1. The van der Waals surface area contributed by atoms with Crippen molar-refractivity contribution in [2.45, 2.75) is 17.5 Å². The van der Waals surface area contributed by atoms with E-state index in [0.29, 0.717) is 5.75 Å². The van der Waals surface area contributed by atoms with Crippen molar-refractivity contribution >= 4 is 40.9 Å². The van der Waals surface area contributed by atoms with Gasteiger partial charge in [0.1, 0.15) is 6.61 Å². The molecule has 2 rings (SSSR count). The molecule has 0 radical (unpaired) electrons. The number of alkyl halides is 3. The number of thioether (sulfide) groups is 1. The highest BCUT2D eigenvalue weighted by Crippen LogP contribution is 2.40. The molecule has 1 aromatic carbocycles. The van der Waals surface area contributed by atoms with Crippen molar-refractivity contribution in [2.24, 2.45) is 0 Å². The van der Waals surface area contributed by atoms with Crippen LogP contribution in [0.4, 0.5) is 29.3 Å². The van der Waals surface area contributed by atoms with E-state index >= 15 is 0 Å². The van der Waals surface area contributed by atoms with Crippen LogP contribution in [0.1, 0.15) is 16.8 Å². The molecule has 0 aliphatic carbocycles. The lowest BCUT2D eigenvalue weighted by atomic mass is 10.0. The molecule has 0 unspecified atom stereocenters. The zero-order valence-electron chi connectivity index (χ0n) is 12.7. The number of hydrogen-bond acceptors (Lipinski definition) is 5. The summed E-state index contributed by atoms with van der Waals surface area (Å²) in [6, 6.07) is 2.43. The maximum absolute atomic E-state index is 12.4. The molecule has 10 heteroatoms. The second kappa shape index (κ2) is 7.60. The van der Waals surface area contributed by atoms with Gasteiger partial charge in [-0.25, -0.2) is 4.79 Å². The van der Waals surface area contributed by atoms with Gasteiger partial charge in [0, 0.05) is 17.1 Å². The van der Waals surface area contributed by atoms with Gasteiger partial charge in [0.2, 0.25) is 0 Å². The van der Waals surface area contributed by atoms with E-state index in [0.717, 1.165) is 6.07 Å². The molecule has 2 amide bonds. The summed E-state index contributed by atoms with van der Waals surface area (Å²) in [4.78, 5) is 35.2. The molecule has 1 aromatic rings. The second-order valence-corrected chi connectivity index (χ2v) is 5.96. The van der Waals surface area contributed by atoms with E-state index in [1.54, 1.807) is 5.32 Å². The molecule has 6 nitrogen and oxygen atoms in total. The molecular weight excluding hydrogens is 361 g/mol. The molecule has 0 atom stereocenters. The largest absolute Gasteiger partial charge is 0.471 e. The highest BCUT2D eigenvalue weighted by Gasteiger charge is 2.39. The first-order valence-electron chi connectivity index (χ1n) is 7.00. The Hall–Kier alpha value is -2.49. The number of nitrogens with one attached hydrogen (secondary N) is 2. The lowest BCUT2D eigenvalue weighted by molar-refractivity contribution is -0.167. The Morgan fingerprint density at radius 2 is 1.96 bits per heavy atom. The van der Waals surface area contributed by atoms with Crippen LogP contribution in [0.25, 0.3) is 0 Å². The van der Waals surface area contributed by atoms with Gasteiger partial charge < -0.3 is 10.1 Å². The van der Waals surface area contributed by atoms with Crippen LogP contribution >= 0.6 is 11.8 Å². The number of carbonyl (C=O) groups excluding carboxylic acids is 3. The quantitative estimate of drug-likeness (QED) is 0.787. The Labute approximate surface area is 144 Å². The van der Waals surface area contributed by atoms with Crippen LogP contribution < -0.4 is 10.6 Å². The summed E-state index contributed by atoms with van der Waals surface area (Å²) in [5.41, 5.74) is -0.0953. The number of amides is 2. The first-order valence-corrected chi connectivity index (χ1v) is 7.98. The average molecular weight is 374 g/mol. The maximum atomic E-state index is 12.4. The number of ether oxygens (including phenoxy) is 1. The van der Waals surface area contributed by atoms with Crippen LogP contribution in [0.5, 0.6) is 0 Å². The summed E-state index contributed by atoms with van der Waals surface area (Å²) in [5.74, 6) is -2.20. The molecule has 0 fully saturated rings. The van der Waals surface area contributed by atoms with Crippen LogP contribution in [0, 0.1) is 0 Å². The molecule has 0 saturated carbocycles. The zero-order valence-corrected chi connectivity index (χ0v) is 13.6. The fourth-order valence-electron chi connectivity index (χ4n) is 2.06. The van der Waals surface area contributed by atoms with Gasteiger partial charge in [-0.2, -0.15) is 13.2 Å². The summed E-state index contributed by atoms with van der Waals surface area (Å²) in [6.07, 6.45) is -4.41. The molecule has 0 saturated heterocycles. The number of hydrogen-bond donors (Lipinski definition) is 2. The molecular formula is C15H13F3N2O4S. The van der Waals surface area contributed by atoms with Gasteiger partial charge in [0.05, 0.1) is 16.9 Å². The van der Waals surface area contributed by atoms with Crippen molar-refractivity contribution in [1.29, 1.82) is 0 Å². The molecule has 0 spiro atoms. The number of anilines is 2. The highest BCUT2D eigenvalue weighted by molar-refractivity contribution is 7.99. The van der Waals surface area contributed by atoms with E-state index in [1.807, 2.05) is 0 Å². The molecule has 0 bridgehead atoms. The molecule has 1 aliphatic heterocycles. The van der Waals surface area contributed by atoms with Crippen molar-refractivity contribution < 1.29 is 32.3 Å². The van der Waals surface area contributed by atoms with Crippen molar-refractivity contribution in [3.05, 3.63) is 30.4 Å². The van der Waals surface area contributed by atoms with Crippen LogP contribution in [0.3, 0.4) is 0 Å². The normalized spacial score (nSPS) is 13.6. The lowest BCUT2D eigenvalue weighted by Gasteiger charge is -2.21. The standard InChI is InChI=1S/C15H13F3N2O4S/c1-2-6-24-14(23)20-9-4-3-8(19-13(22)15(16,17)18)11-10(21)5-7-25-12(9)11/h2-4H,1,5-7H2,(H,19,22)(H,20,23). The number of benzene rings is 1. The summed E-state index contributed by atoms with van der Waals surface area (Å²) in [7, 11) is 0. The Morgan fingerprint density at radius 1 is 1.28 bits per heavy atom. The molecule has 1 aliphatic rings. The Kier molecular flexibility index (Phi) is 5.73. The molecule has 25 heavy (non-hydrogen) atoms. The molecule has 2 N–H and O–H groups in total. The molecule has 134 valence electrons. The van der Waals surface area contributed by atoms with E-state index < -0.39 is 24.0 Å². The number of carbonyl (C=O) groups is 3. The third-order valence-electron chi connectivity index (χ3n) is 3.09. The minimum Gasteiger partial charge on any atom is -0.445 e. The third-order valence-corrected chi connectivity index (χ3v) is 4.21. The smallest absolute Gasteiger partial charge is 0.445 e. The fraction of sp³-hybridized carbons (Fsp3) is 0.267. The first kappa shape index (κ1) is 18.8. The number of Topliss-reactive ketones (excluding diaryl/α,β-unsaturated/α-hetero) is 1. The van der Waals surface area contributed by atoms with Crippen molar-refractivity contribution in [3.8, 4) is 0 Å². The minimum atomic E-state index is -5.08. The van der Waals surface area contributed by atoms with Crippen LogP contribution in [0.2, 0.25) is 0 Å². The maximum Gasteiger partial charge on any atom is 0.471 e. The zero-order chi connectivity index (χ0) is 18.6. The summed E-state index contributed by atoms with van der Waals surface area (Å²) in [6.45, 7) is 3.37. The van der Waals surface area contributed by atoms with E-state index in [-0.39, 0.29) is 34.9 Å². The predicted octanol–water partition coefficient (Wildman–Crippen LogP) is 3.60. The van der Waals surface area contributed by atoms with Crippen LogP contribution in [-0.4, -0.2) is 36.3 Å². The topological polar surface area (TPSA) is 84.5 Å². The summed E-state index contributed by atoms with van der Waals surface area (Å²) < 4.78 is 42.1. The first-order chi connectivity index (χ1) is 11.7. The van der Waals surface area contributed by atoms with Gasteiger partial charge in [-0.05, 0) is 12.1 Å². The Bertz CT molecular complexity index is 734. The monoisotopic (exact) mass is 374 g/mol. The SMILES string of the molecule is C=CCOC(=O)Nc1ccc(NC(=O)C(F)(F)F)c2c1SCCC2=O. The van der Waals surface area contributed by atoms with E-state index in [2.05, 4.69) is 11.9 Å². The molecule has 0 aromatic heterocycles. The summed E-state index contributed by atoms with van der Waals surface area (Å²) in [5, 5.41) is 4.12. The van der Waals surface area contributed by atoms with Gasteiger partial charge in [0.15, 0.2) is 5.78 Å². The lowest BCUT2D eigenvalue weighted by Crippen LogP contribution is -2.31. The number of rotatable bonds is 4. The van der Waals surface area contributed by atoms with Crippen molar-refractivity contribution in [3.63, 3.8) is 0 Å². The Balaban J connectivity index is 2.35. The van der Waals surface area contributed by atoms with Crippen LogP contribution in [0.15, 0.2) is 29.7 Å². The fourth-order valence-corrected chi connectivity index (χ4v) is 3.19. The van der Waals surface area contributed by atoms with E-state index in [4.69, 9.17) is 4.74 Å². The van der Waals surface area contributed by atoms with Gasteiger partial charge in [-0.1, -0.05) is 12.7 Å². The number of fused-ring (bicyclic) bond motifs is 1. The number of halogens is 3. The summed E-state index contributed by atoms with van der Waals surface area (Å²) >= 11 is 1.19. The second-order valence-electron chi connectivity index (χ2n) is 4.85. The Morgan fingerprint density at radius 3 is 2.60 bits per heavy atom. The van der Waals surface area contributed by atoms with Gasteiger partial charge in [0.25, 0.3) is 0 Å². The van der Waals surface area contributed by atoms with Gasteiger partial charge >= 0.3 is 18.2 Å². The van der Waals surface area contributed by atoms with Crippen LogP contribution in [-0.2, 0) is 9.53 Å². The minimum absolute atomic E-state index is 0.0280.